The van der Waals surface area contributed by atoms with Crippen LogP contribution in [0.4, 0.5) is 0 Å². The zero-order valence-electron chi connectivity index (χ0n) is 9.78. The number of benzene rings is 1. The van der Waals surface area contributed by atoms with Crippen molar-refractivity contribution < 1.29 is 0 Å². The lowest BCUT2D eigenvalue weighted by atomic mass is 10.1. The first-order chi connectivity index (χ1) is 8.93. The Morgan fingerprint density at radius 1 is 0.833 bits per heavy atom. The van der Waals surface area contributed by atoms with Crippen LogP contribution in [0.3, 0.4) is 0 Å². The molecule has 2 aromatic heterocycles. The van der Waals surface area contributed by atoms with E-state index in [1.165, 1.54) is 10.9 Å². The van der Waals surface area contributed by atoms with Gasteiger partial charge in [0.05, 0.1) is 10.5 Å². The van der Waals surface area contributed by atoms with Crippen LogP contribution in [0, 0.1) is 0 Å². The average molecular weight is 252 g/mol. The molecule has 0 saturated heterocycles. The number of hydrogen-bond donors (Lipinski definition) is 0. The standard InChI is InChI=1S/C15H12N2S/c1-2-9-16-14(8-1)18-11-13-6-3-5-12-7-4-10-17-15(12)13/h1-10H,11H2. The van der Waals surface area contributed by atoms with Crippen LogP contribution in [-0.2, 0) is 5.75 Å². The van der Waals surface area contributed by atoms with Crippen LogP contribution in [0.2, 0.25) is 0 Å². The summed E-state index contributed by atoms with van der Waals surface area (Å²) in [6.45, 7) is 0. The minimum absolute atomic E-state index is 0.894. The largest absolute Gasteiger partial charge is 0.256 e. The highest BCUT2D eigenvalue weighted by Gasteiger charge is 2.02. The topological polar surface area (TPSA) is 25.8 Å². The Balaban J connectivity index is 1.87. The number of pyridine rings is 2. The smallest absolute Gasteiger partial charge is 0.0963 e. The molecule has 0 atom stereocenters. The number of nitrogens with zero attached hydrogens (tertiary/aromatic N) is 2. The molecule has 0 spiro atoms. The van der Waals surface area contributed by atoms with Crippen LogP contribution in [-0.4, -0.2) is 9.97 Å². The molecule has 0 bridgehead atoms. The van der Waals surface area contributed by atoms with Crippen LogP contribution < -0.4 is 0 Å². The maximum absolute atomic E-state index is 4.46. The Labute approximate surface area is 110 Å². The van der Waals surface area contributed by atoms with E-state index in [9.17, 15) is 0 Å². The van der Waals surface area contributed by atoms with E-state index in [-0.39, 0.29) is 0 Å². The maximum atomic E-state index is 4.46. The Morgan fingerprint density at radius 3 is 2.61 bits per heavy atom. The van der Waals surface area contributed by atoms with Gasteiger partial charge in [-0.1, -0.05) is 30.3 Å². The maximum Gasteiger partial charge on any atom is 0.0963 e. The lowest BCUT2D eigenvalue weighted by Gasteiger charge is -2.04. The van der Waals surface area contributed by atoms with E-state index in [0.717, 1.165) is 16.3 Å². The fourth-order valence-corrected chi connectivity index (χ4v) is 2.71. The highest BCUT2D eigenvalue weighted by molar-refractivity contribution is 7.98. The van der Waals surface area contributed by atoms with Crippen LogP contribution in [0.1, 0.15) is 5.56 Å². The summed E-state index contributed by atoms with van der Waals surface area (Å²) in [5.41, 5.74) is 2.34. The third kappa shape index (κ3) is 2.36. The monoisotopic (exact) mass is 252 g/mol. The minimum atomic E-state index is 0.894. The van der Waals surface area contributed by atoms with E-state index in [0.29, 0.717) is 0 Å². The molecule has 0 fully saturated rings. The molecule has 0 aliphatic rings. The molecule has 0 aliphatic carbocycles. The Bertz CT molecular complexity index is 647. The van der Waals surface area contributed by atoms with Crippen LogP contribution in [0.15, 0.2) is 66.0 Å². The third-order valence-electron chi connectivity index (χ3n) is 2.73. The molecule has 3 heteroatoms. The first-order valence-corrected chi connectivity index (χ1v) is 6.78. The number of aromatic nitrogens is 2. The molecule has 0 unspecified atom stereocenters. The van der Waals surface area contributed by atoms with Crippen molar-refractivity contribution in [1.29, 1.82) is 0 Å². The highest BCUT2D eigenvalue weighted by atomic mass is 32.2. The Morgan fingerprint density at radius 2 is 1.72 bits per heavy atom. The summed E-state index contributed by atoms with van der Waals surface area (Å²) in [6, 6.07) is 16.3. The van der Waals surface area contributed by atoms with Crippen molar-refractivity contribution in [3.63, 3.8) is 0 Å². The van der Waals surface area contributed by atoms with Crippen molar-refractivity contribution in [3.05, 3.63) is 66.5 Å². The number of fused-ring (bicyclic) bond motifs is 1. The summed E-state index contributed by atoms with van der Waals surface area (Å²) in [7, 11) is 0. The van der Waals surface area contributed by atoms with Gasteiger partial charge < -0.3 is 0 Å². The molecule has 3 aromatic rings. The summed E-state index contributed by atoms with van der Waals surface area (Å²) >= 11 is 1.74. The van der Waals surface area contributed by atoms with Gasteiger partial charge in [-0.05, 0) is 23.8 Å². The molecule has 3 rings (SSSR count). The van der Waals surface area contributed by atoms with Gasteiger partial charge in [-0.15, -0.1) is 11.8 Å². The summed E-state index contributed by atoms with van der Waals surface area (Å²) in [5.74, 6) is 0.894. The van der Waals surface area contributed by atoms with Crippen molar-refractivity contribution in [2.24, 2.45) is 0 Å². The van der Waals surface area contributed by atoms with Gasteiger partial charge >= 0.3 is 0 Å². The van der Waals surface area contributed by atoms with E-state index in [4.69, 9.17) is 0 Å². The molecule has 0 saturated carbocycles. The molecule has 2 heterocycles. The number of para-hydroxylation sites is 1. The van der Waals surface area contributed by atoms with Gasteiger partial charge in [-0.3, -0.25) is 4.98 Å². The summed E-state index contributed by atoms with van der Waals surface area (Å²) in [4.78, 5) is 8.78. The average Bonchev–Trinajstić information content (AvgIpc) is 2.46. The van der Waals surface area contributed by atoms with E-state index >= 15 is 0 Å². The number of rotatable bonds is 3. The zero-order valence-corrected chi connectivity index (χ0v) is 10.6. The molecule has 2 nitrogen and oxygen atoms in total. The van der Waals surface area contributed by atoms with Gasteiger partial charge in [0, 0.05) is 23.5 Å². The lowest BCUT2D eigenvalue weighted by molar-refractivity contribution is 1.13. The molecule has 18 heavy (non-hydrogen) atoms. The van der Waals surface area contributed by atoms with E-state index in [2.05, 4.69) is 34.2 Å². The zero-order chi connectivity index (χ0) is 12.2. The van der Waals surface area contributed by atoms with E-state index < -0.39 is 0 Å². The summed E-state index contributed by atoms with van der Waals surface area (Å²) in [6.07, 6.45) is 3.67. The number of hydrogen-bond acceptors (Lipinski definition) is 3. The molecule has 0 radical (unpaired) electrons. The molecule has 0 aliphatic heterocycles. The van der Waals surface area contributed by atoms with Crippen molar-refractivity contribution in [2.45, 2.75) is 10.8 Å². The van der Waals surface area contributed by atoms with Gasteiger partial charge in [-0.25, -0.2) is 4.98 Å². The SMILES string of the molecule is c1ccc(SCc2cccc3cccnc23)nc1. The normalized spacial score (nSPS) is 10.7. The van der Waals surface area contributed by atoms with Crippen molar-refractivity contribution in [3.8, 4) is 0 Å². The van der Waals surface area contributed by atoms with E-state index in [1.807, 2.05) is 36.7 Å². The molecular formula is C15H12N2S. The third-order valence-corrected chi connectivity index (χ3v) is 3.72. The molecule has 0 N–H and O–H groups in total. The minimum Gasteiger partial charge on any atom is -0.256 e. The first kappa shape index (κ1) is 11.2. The fraction of sp³-hybridized carbons (Fsp3) is 0.0667. The molecule has 1 aromatic carbocycles. The lowest BCUT2D eigenvalue weighted by Crippen LogP contribution is -1.87. The van der Waals surface area contributed by atoms with Crippen LogP contribution >= 0.6 is 11.8 Å². The second-order valence-corrected chi connectivity index (χ2v) is 4.94. The van der Waals surface area contributed by atoms with Gasteiger partial charge in [0.25, 0.3) is 0 Å². The predicted molar refractivity (Wildman–Crippen MR) is 75.5 cm³/mol. The van der Waals surface area contributed by atoms with E-state index in [1.54, 1.807) is 11.8 Å². The predicted octanol–water partition coefficient (Wildman–Crippen LogP) is 3.92. The van der Waals surface area contributed by atoms with Crippen molar-refractivity contribution in [1.82, 2.24) is 9.97 Å². The van der Waals surface area contributed by atoms with Gasteiger partial charge in [-0.2, -0.15) is 0 Å². The van der Waals surface area contributed by atoms with Crippen LogP contribution in [0.25, 0.3) is 10.9 Å². The fourth-order valence-electron chi connectivity index (χ4n) is 1.87. The molecule has 88 valence electrons. The highest BCUT2D eigenvalue weighted by Crippen LogP contribution is 2.24. The molecular weight excluding hydrogens is 240 g/mol. The van der Waals surface area contributed by atoms with Crippen molar-refractivity contribution in [2.75, 3.05) is 0 Å². The number of thioether (sulfide) groups is 1. The van der Waals surface area contributed by atoms with Gasteiger partial charge in [0.15, 0.2) is 0 Å². The van der Waals surface area contributed by atoms with Crippen molar-refractivity contribution >= 4 is 22.7 Å². The second-order valence-electron chi connectivity index (χ2n) is 3.95. The Hall–Kier alpha value is -1.87. The quantitative estimate of drug-likeness (QED) is 0.661. The van der Waals surface area contributed by atoms with Crippen LogP contribution in [0.5, 0.6) is 0 Å². The van der Waals surface area contributed by atoms with Gasteiger partial charge in [0.1, 0.15) is 0 Å². The van der Waals surface area contributed by atoms with Gasteiger partial charge in [0.2, 0.25) is 0 Å². The summed E-state index contributed by atoms with van der Waals surface area (Å²) < 4.78 is 0. The first-order valence-electron chi connectivity index (χ1n) is 5.80. The second kappa shape index (κ2) is 5.19. The summed E-state index contributed by atoms with van der Waals surface area (Å²) in [5, 5.41) is 2.24. The Kier molecular flexibility index (Phi) is 3.24. The molecule has 0 amide bonds.